The number of hydrogen-bond donors (Lipinski definition) is 0. The number of allylic oxidation sites excluding steroid dienone is 1. The molecule has 1 unspecified atom stereocenters. The molecule has 0 N–H and O–H groups in total. The summed E-state index contributed by atoms with van der Waals surface area (Å²) in [6, 6.07) is 18.6. The lowest BCUT2D eigenvalue weighted by molar-refractivity contribution is 0.971. The van der Waals surface area contributed by atoms with Crippen molar-refractivity contribution in [3.8, 4) is 6.07 Å². The maximum atomic E-state index is 9.24. The van der Waals surface area contributed by atoms with Crippen molar-refractivity contribution in [2.45, 2.75) is 12.8 Å². The molecule has 86 valence electrons. The minimum absolute atomic E-state index is 0.233. The van der Waals surface area contributed by atoms with Crippen LogP contribution in [-0.4, -0.2) is 0 Å². The zero-order valence-electron chi connectivity index (χ0n) is 10.2. The van der Waals surface area contributed by atoms with Gasteiger partial charge in [0.2, 0.25) is 0 Å². The van der Waals surface area contributed by atoms with Crippen LogP contribution >= 0.6 is 0 Å². The van der Waals surface area contributed by atoms with E-state index in [4.69, 9.17) is 0 Å². The Labute approximate surface area is 107 Å². The summed E-state index contributed by atoms with van der Waals surface area (Å²) in [6.07, 6.45) is 2.22. The largest absolute Gasteiger partial charge is 0.192 e. The smallest absolute Gasteiger partial charge is 0.0994 e. The van der Waals surface area contributed by atoms with Crippen LogP contribution in [0.2, 0.25) is 0 Å². The molecule has 2 aromatic rings. The molecule has 3 rings (SSSR count). The maximum absolute atomic E-state index is 9.24. The zero-order valence-corrected chi connectivity index (χ0v) is 10.2. The van der Waals surface area contributed by atoms with E-state index in [0.29, 0.717) is 0 Å². The Kier molecular flexibility index (Phi) is 2.50. The molecule has 0 saturated heterocycles. The summed E-state index contributed by atoms with van der Waals surface area (Å²) < 4.78 is 0. The van der Waals surface area contributed by atoms with Gasteiger partial charge in [0.25, 0.3) is 0 Å². The predicted molar refractivity (Wildman–Crippen MR) is 73.1 cm³/mol. The van der Waals surface area contributed by atoms with Crippen molar-refractivity contribution in [2.75, 3.05) is 0 Å². The Bertz CT molecular complexity index is 674. The quantitative estimate of drug-likeness (QED) is 0.724. The average molecular weight is 231 g/mol. The molecule has 0 heterocycles. The van der Waals surface area contributed by atoms with Gasteiger partial charge in [0.05, 0.1) is 11.6 Å². The van der Waals surface area contributed by atoms with E-state index >= 15 is 0 Å². The van der Waals surface area contributed by atoms with E-state index < -0.39 is 0 Å². The minimum atomic E-state index is 0.233. The molecule has 0 aromatic heterocycles. The molecule has 1 atom stereocenters. The molecular weight excluding hydrogens is 218 g/mol. The first-order chi connectivity index (χ1) is 8.81. The third kappa shape index (κ3) is 1.55. The van der Waals surface area contributed by atoms with Crippen LogP contribution in [0.5, 0.6) is 0 Å². The van der Waals surface area contributed by atoms with Crippen LogP contribution in [-0.2, 0) is 0 Å². The second-order valence-electron chi connectivity index (χ2n) is 4.65. The number of benzene rings is 2. The topological polar surface area (TPSA) is 23.8 Å². The molecule has 1 aliphatic carbocycles. The highest BCUT2D eigenvalue weighted by molar-refractivity contribution is 5.69. The van der Waals surface area contributed by atoms with Crippen molar-refractivity contribution < 1.29 is 0 Å². The summed E-state index contributed by atoms with van der Waals surface area (Å²) in [4.78, 5) is 0. The van der Waals surface area contributed by atoms with Crippen molar-refractivity contribution in [1.29, 1.82) is 5.26 Å². The third-order valence-electron chi connectivity index (χ3n) is 3.54. The van der Waals surface area contributed by atoms with Gasteiger partial charge in [-0.05, 0) is 29.7 Å². The highest BCUT2D eigenvalue weighted by Gasteiger charge is 2.25. The van der Waals surface area contributed by atoms with Gasteiger partial charge < -0.3 is 0 Å². The summed E-state index contributed by atoms with van der Waals surface area (Å²) in [7, 11) is 0. The second kappa shape index (κ2) is 4.16. The molecule has 1 aliphatic rings. The van der Waals surface area contributed by atoms with Gasteiger partial charge >= 0.3 is 0 Å². The van der Waals surface area contributed by atoms with Crippen LogP contribution in [0, 0.1) is 11.3 Å². The molecule has 0 saturated carbocycles. The molecule has 0 bridgehead atoms. The Morgan fingerprint density at radius 2 is 1.61 bits per heavy atom. The van der Waals surface area contributed by atoms with Gasteiger partial charge in [-0.1, -0.05) is 54.1 Å². The van der Waals surface area contributed by atoms with E-state index in [0.717, 1.165) is 11.1 Å². The normalized spacial score (nSPS) is 16.9. The SMILES string of the molecule is CC1=Cc2ccccc2C1c1ccccc1C#N. The average Bonchev–Trinajstić information content (AvgIpc) is 2.74. The molecule has 0 fully saturated rings. The van der Waals surface area contributed by atoms with Gasteiger partial charge in [0.1, 0.15) is 0 Å². The Morgan fingerprint density at radius 3 is 2.39 bits per heavy atom. The monoisotopic (exact) mass is 231 g/mol. The van der Waals surface area contributed by atoms with Crippen LogP contribution < -0.4 is 0 Å². The lowest BCUT2D eigenvalue weighted by Crippen LogP contribution is -2.02. The van der Waals surface area contributed by atoms with Crippen molar-refractivity contribution >= 4 is 6.08 Å². The fourth-order valence-corrected chi connectivity index (χ4v) is 2.74. The highest BCUT2D eigenvalue weighted by Crippen LogP contribution is 2.41. The molecular formula is C17H13N. The lowest BCUT2D eigenvalue weighted by atomic mass is 9.86. The molecule has 0 spiro atoms. The van der Waals surface area contributed by atoms with Gasteiger partial charge in [-0.25, -0.2) is 0 Å². The summed E-state index contributed by atoms with van der Waals surface area (Å²) in [5.74, 6) is 0.233. The summed E-state index contributed by atoms with van der Waals surface area (Å²) in [5.41, 5.74) is 5.76. The van der Waals surface area contributed by atoms with Gasteiger partial charge in [-0.2, -0.15) is 5.26 Å². The van der Waals surface area contributed by atoms with Gasteiger partial charge in [-0.3, -0.25) is 0 Å². The fraction of sp³-hybridized carbons (Fsp3) is 0.118. The van der Waals surface area contributed by atoms with Crippen LogP contribution in [0.3, 0.4) is 0 Å². The first-order valence-corrected chi connectivity index (χ1v) is 6.07. The Balaban J connectivity index is 2.20. The molecule has 1 nitrogen and oxygen atoms in total. The first-order valence-electron chi connectivity index (χ1n) is 6.07. The van der Waals surface area contributed by atoms with Crippen molar-refractivity contribution in [3.05, 3.63) is 76.4 Å². The number of hydrogen-bond acceptors (Lipinski definition) is 1. The zero-order chi connectivity index (χ0) is 12.5. The van der Waals surface area contributed by atoms with E-state index in [1.54, 1.807) is 0 Å². The van der Waals surface area contributed by atoms with Crippen molar-refractivity contribution in [3.63, 3.8) is 0 Å². The minimum Gasteiger partial charge on any atom is -0.192 e. The summed E-state index contributed by atoms with van der Waals surface area (Å²) >= 11 is 0. The van der Waals surface area contributed by atoms with E-state index in [9.17, 15) is 5.26 Å². The molecule has 1 heteroatoms. The molecule has 0 radical (unpaired) electrons. The number of nitriles is 1. The van der Waals surface area contributed by atoms with Crippen LogP contribution in [0.1, 0.15) is 35.1 Å². The van der Waals surface area contributed by atoms with Gasteiger partial charge in [0.15, 0.2) is 0 Å². The first kappa shape index (κ1) is 10.8. The lowest BCUT2D eigenvalue weighted by Gasteiger charge is -2.16. The number of rotatable bonds is 1. The van der Waals surface area contributed by atoms with Crippen molar-refractivity contribution in [2.24, 2.45) is 0 Å². The molecule has 2 aromatic carbocycles. The van der Waals surface area contributed by atoms with Gasteiger partial charge in [0, 0.05) is 5.92 Å². The van der Waals surface area contributed by atoms with E-state index in [1.807, 2.05) is 18.2 Å². The Hall–Kier alpha value is -2.33. The van der Waals surface area contributed by atoms with Crippen molar-refractivity contribution in [1.82, 2.24) is 0 Å². The Morgan fingerprint density at radius 1 is 0.944 bits per heavy atom. The number of fused-ring (bicyclic) bond motifs is 1. The predicted octanol–water partition coefficient (Wildman–Crippen LogP) is 4.11. The van der Waals surface area contributed by atoms with Gasteiger partial charge in [-0.15, -0.1) is 0 Å². The molecule has 0 aliphatic heterocycles. The standard InChI is InChI=1S/C17H13N/c1-12-10-13-6-2-4-8-15(13)17(12)16-9-5-3-7-14(16)11-18/h2-10,17H,1H3. The van der Waals surface area contributed by atoms with Crippen LogP contribution in [0.4, 0.5) is 0 Å². The number of nitrogens with zero attached hydrogens (tertiary/aromatic N) is 1. The summed E-state index contributed by atoms with van der Waals surface area (Å²) in [5, 5.41) is 9.24. The highest BCUT2D eigenvalue weighted by atomic mass is 14.3. The van der Waals surface area contributed by atoms with E-state index in [1.165, 1.54) is 16.7 Å². The van der Waals surface area contributed by atoms with Crippen LogP contribution in [0.25, 0.3) is 6.08 Å². The van der Waals surface area contributed by atoms with Crippen LogP contribution in [0.15, 0.2) is 54.1 Å². The maximum Gasteiger partial charge on any atom is 0.0994 e. The summed E-state index contributed by atoms with van der Waals surface area (Å²) in [6.45, 7) is 2.14. The van der Waals surface area contributed by atoms with E-state index in [2.05, 4.69) is 49.4 Å². The molecule has 0 amide bonds. The third-order valence-corrected chi connectivity index (χ3v) is 3.54. The second-order valence-corrected chi connectivity index (χ2v) is 4.65. The fourth-order valence-electron chi connectivity index (χ4n) is 2.74. The van der Waals surface area contributed by atoms with E-state index in [-0.39, 0.29) is 5.92 Å². The molecule has 18 heavy (non-hydrogen) atoms.